The summed E-state index contributed by atoms with van der Waals surface area (Å²) in [4.78, 5) is 10.3. The Labute approximate surface area is 104 Å². The van der Waals surface area contributed by atoms with Crippen molar-refractivity contribution < 1.29 is 9.31 Å². The van der Waals surface area contributed by atoms with E-state index in [9.17, 15) is 14.5 Å². The number of rotatable bonds is 3. The minimum atomic E-state index is -0.509. The Morgan fingerprint density at radius 2 is 2.22 bits per heavy atom. The van der Waals surface area contributed by atoms with Crippen LogP contribution >= 0.6 is 0 Å². The molecule has 5 nitrogen and oxygen atoms in total. The Morgan fingerprint density at radius 3 is 2.89 bits per heavy atom. The second-order valence-electron chi connectivity index (χ2n) is 4.69. The first kappa shape index (κ1) is 12.8. The van der Waals surface area contributed by atoms with Crippen LogP contribution in [0.5, 0.6) is 0 Å². The number of hydrogen-bond acceptors (Lipinski definition) is 4. The number of nitrogens with zero attached hydrogens (tertiary/aromatic N) is 1. The van der Waals surface area contributed by atoms with Crippen molar-refractivity contribution in [1.29, 1.82) is 0 Å². The maximum absolute atomic E-state index is 13.2. The van der Waals surface area contributed by atoms with Gasteiger partial charge in [-0.2, -0.15) is 0 Å². The normalized spacial score (nSPS) is 23.7. The monoisotopic (exact) mass is 253 g/mol. The first-order chi connectivity index (χ1) is 8.56. The first-order valence-electron chi connectivity index (χ1n) is 6.02. The lowest BCUT2D eigenvalue weighted by Crippen LogP contribution is -2.35. The van der Waals surface area contributed by atoms with Crippen LogP contribution in [-0.2, 0) is 0 Å². The fourth-order valence-electron chi connectivity index (χ4n) is 2.36. The Kier molecular flexibility index (Phi) is 3.76. The summed E-state index contributed by atoms with van der Waals surface area (Å²) in [5.41, 5.74) is 5.99. The highest BCUT2D eigenvalue weighted by Crippen LogP contribution is 2.28. The van der Waals surface area contributed by atoms with Gasteiger partial charge in [0.1, 0.15) is 11.5 Å². The molecule has 0 spiro atoms. The Morgan fingerprint density at radius 1 is 1.44 bits per heavy atom. The summed E-state index contributed by atoms with van der Waals surface area (Å²) in [6, 6.07) is 3.63. The molecule has 0 aromatic heterocycles. The van der Waals surface area contributed by atoms with Crippen LogP contribution in [-0.4, -0.2) is 17.0 Å². The first-order valence-corrected chi connectivity index (χ1v) is 6.02. The highest BCUT2D eigenvalue weighted by atomic mass is 19.1. The summed E-state index contributed by atoms with van der Waals surface area (Å²) in [7, 11) is 0. The van der Waals surface area contributed by atoms with E-state index in [4.69, 9.17) is 5.73 Å². The summed E-state index contributed by atoms with van der Waals surface area (Å²) < 4.78 is 13.2. The van der Waals surface area contributed by atoms with Gasteiger partial charge in [-0.25, -0.2) is 4.39 Å². The largest absolute Gasteiger partial charge is 0.377 e. The van der Waals surface area contributed by atoms with Gasteiger partial charge >= 0.3 is 0 Å². The van der Waals surface area contributed by atoms with Gasteiger partial charge in [0, 0.05) is 24.2 Å². The van der Waals surface area contributed by atoms with E-state index in [0.717, 1.165) is 37.8 Å². The van der Waals surface area contributed by atoms with E-state index in [1.807, 2.05) is 0 Å². The maximum Gasteiger partial charge on any atom is 0.292 e. The van der Waals surface area contributed by atoms with E-state index in [1.54, 1.807) is 0 Å². The topological polar surface area (TPSA) is 81.2 Å². The van der Waals surface area contributed by atoms with Crippen molar-refractivity contribution in [2.45, 2.75) is 37.8 Å². The molecule has 1 aliphatic carbocycles. The van der Waals surface area contributed by atoms with Crippen molar-refractivity contribution in [3.05, 3.63) is 34.1 Å². The van der Waals surface area contributed by atoms with Crippen LogP contribution in [0.15, 0.2) is 18.2 Å². The number of benzene rings is 1. The summed E-state index contributed by atoms with van der Waals surface area (Å²) in [5, 5.41) is 13.9. The Hall–Kier alpha value is -1.69. The van der Waals surface area contributed by atoms with E-state index < -0.39 is 10.7 Å². The predicted molar refractivity (Wildman–Crippen MR) is 66.9 cm³/mol. The molecule has 2 atom stereocenters. The molecule has 1 saturated carbocycles. The van der Waals surface area contributed by atoms with Gasteiger partial charge in [-0.3, -0.25) is 10.1 Å². The van der Waals surface area contributed by atoms with Gasteiger partial charge < -0.3 is 11.1 Å². The zero-order valence-corrected chi connectivity index (χ0v) is 9.93. The Bertz CT molecular complexity index is 453. The third-order valence-electron chi connectivity index (χ3n) is 3.23. The van der Waals surface area contributed by atoms with Crippen LogP contribution in [0.3, 0.4) is 0 Å². The molecule has 0 aliphatic heterocycles. The van der Waals surface area contributed by atoms with Crippen LogP contribution in [0.1, 0.15) is 25.7 Å². The van der Waals surface area contributed by atoms with Crippen LogP contribution < -0.4 is 11.1 Å². The highest BCUT2D eigenvalue weighted by molar-refractivity contribution is 5.61. The molecule has 1 aromatic carbocycles. The molecule has 0 radical (unpaired) electrons. The number of nitro benzene ring substituents is 1. The maximum atomic E-state index is 13.2. The van der Waals surface area contributed by atoms with Gasteiger partial charge in [0.2, 0.25) is 0 Å². The fourth-order valence-corrected chi connectivity index (χ4v) is 2.36. The number of nitrogens with one attached hydrogen (secondary N) is 1. The third-order valence-corrected chi connectivity index (χ3v) is 3.23. The summed E-state index contributed by atoms with van der Waals surface area (Å²) in [6.07, 6.45) is 3.63. The highest BCUT2D eigenvalue weighted by Gasteiger charge is 2.22. The second kappa shape index (κ2) is 5.30. The van der Waals surface area contributed by atoms with E-state index in [1.165, 1.54) is 6.07 Å². The van der Waals surface area contributed by atoms with E-state index in [-0.39, 0.29) is 23.5 Å². The zero-order valence-electron chi connectivity index (χ0n) is 9.93. The molecule has 1 aliphatic rings. The number of hydrogen-bond donors (Lipinski definition) is 2. The summed E-state index contributed by atoms with van der Waals surface area (Å²) in [5.74, 6) is -0.483. The van der Waals surface area contributed by atoms with E-state index >= 15 is 0 Å². The van der Waals surface area contributed by atoms with E-state index in [0.29, 0.717) is 0 Å². The fraction of sp³-hybridized carbons (Fsp3) is 0.500. The molecular formula is C12H16FN3O2. The predicted octanol–water partition coefficient (Wildman–Crippen LogP) is 2.42. The summed E-state index contributed by atoms with van der Waals surface area (Å²) >= 11 is 0. The van der Waals surface area contributed by atoms with Gasteiger partial charge in [0.05, 0.1) is 4.92 Å². The molecule has 2 rings (SSSR count). The van der Waals surface area contributed by atoms with E-state index in [2.05, 4.69) is 5.32 Å². The number of halogens is 1. The SMILES string of the molecule is NC1CCCC(Nc2cc(F)ccc2[N+](=O)[O-])C1. The lowest BCUT2D eigenvalue weighted by Gasteiger charge is -2.28. The van der Waals surface area contributed by atoms with Gasteiger partial charge in [-0.15, -0.1) is 0 Å². The molecular weight excluding hydrogens is 237 g/mol. The number of nitro groups is 1. The van der Waals surface area contributed by atoms with Crippen LogP contribution in [0.4, 0.5) is 15.8 Å². The van der Waals surface area contributed by atoms with Crippen molar-refractivity contribution >= 4 is 11.4 Å². The van der Waals surface area contributed by atoms with Crippen molar-refractivity contribution in [3.8, 4) is 0 Å². The Balaban J connectivity index is 2.16. The molecule has 6 heteroatoms. The molecule has 0 saturated heterocycles. The smallest absolute Gasteiger partial charge is 0.292 e. The molecule has 18 heavy (non-hydrogen) atoms. The molecule has 1 aromatic rings. The minimum absolute atomic E-state index is 0.0780. The van der Waals surface area contributed by atoms with Crippen molar-refractivity contribution in [2.24, 2.45) is 5.73 Å². The standard InChI is InChI=1S/C12H16FN3O2/c13-8-4-5-12(16(17)18)11(6-8)15-10-3-1-2-9(14)7-10/h4-6,9-10,15H,1-3,7,14H2. The van der Waals surface area contributed by atoms with Crippen LogP contribution in [0.2, 0.25) is 0 Å². The number of nitrogens with two attached hydrogens (primary N) is 1. The third kappa shape index (κ3) is 2.95. The minimum Gasteiger partial charge on any atom is -0.377 e. The zero-order chi connectivity index (χ0) is 13.1. The van der Waals surface area contributed by atoms with Gasteiger partial charge in [0.25, 0.3) is 5.69 Å². The lowest BCUT2D eigenvalue weighted by atomic mass is 9.91. The van der Waals surface area contributed by atoms with Crippen molar-refractivity contribution in [3.63, 3.8) is 0 Å². The average Bonchev–Trinajstić information content (AvgIpc) is 2.28. The van der Waals surface area contributed by atoms with Crippen molar-refractivity contribution in [1.82, 2.24) is 0 Å². The molecule has 1 fully saturated rings. The second-order valence-corrected chi connectivity index (χ2v) is 4.69. The molecule has 0 amide bonds. The van der Waals surface area contributed by atoms with Gasteiger partial charge in [0.15, 0.2) is 0 Å². The molecule has 98 valence electrons. The average molecular weight is 253 g/mol. The quantitative estimate of drug-likeness (QED) is 0.640. The van der Waals surface area contributed by atoms with Gasteiger partial charge in [-0.1, -0.05) is 0 Å². The van der Waals surface area contributed by atoms with Gasteiger partial charge in [-0.05, 0) is 31.7 Å². The molecule has 0 bridgehead atoms. The lowest BCUT2D eigenvalue weighted by molar-refractivity contribution is -0.384. The number of anilines is 1. The molecule has 0 heterocycles. The molecule has 2 unspecified atom stereocenters. The molecule has 3 N–H and O–H groups in total. The summed E-state index contributed by atoms with van der Waals surface area (Å²) in [6.45, 7) is 0. The van der Waals surface area contributed by atoms with Crippen LogP contribution in [0.25, 0.3) is 0 Å². The van der Waals surface area contributed by atoms with Crippen molar-refractivity contribution in [2.75, 3.05) is 5.32 Å². The van der Waals surface area contributed by atoms with Crippen LogP contribution in [0, 0.1) is 15.9 Å².